The van der Waals surface area contributed by atoms with E-state index in [1.165, 1.54) is 36.6 Å². The first-order valence-electron chi connectivity index (χ1n) is 11.4. The Hall–Kier alpha value is -1.89. The van der Waals surface area contributed by atoms with Crippen molar-refractivity contribution in [1.82, 2.24) is 4.90 Å². The standard InChI is InChI=1S/C25H34N2O3S/c1-31(28,29)26-23-10-5-9-22(19-23)25-13-6-11-24(20-25)27(15-14-25)16-18-30-17-12-21-7-3-2-4-8-21/h2-5,7-10,19,24,26H,6,11-18,20H2,1H3. The van der Waals surface area contributed by atoms with Crippen LogP contribution in [0, 0.1) is 0 Å². The lowest BCUT2D eigenvalue weighted by Crippen LogP contribution is -2.52. The van der Waals surface area contributed by atoms with Gasteiger partial charge in [0.15, 0.2) is 0 Å². The van der Waals surface area contributed by atoms with Gasteiger partial charge < -0.3 is 4.74 Å². The highest BCUT2D eigenvalue weighted by Crippen LogP contribution is 2.47. The molecule has 168 valence electrons. The van der Waals surface area contributed by atoms with Crippen LogP contribution in [-0.2, 0) is 26.6 Å². The van der Waals surface area contributed by atoms with Gasteiger partial charge in [-0.05, 0) is 67.3 Å². The molecule has 1 aliphatic carbocycles. The highest BCUT2D eigenvalue weighted by molar-refractivity contribution is 7.92. The number of likely N-dealkylation sites (tertiary alicyclic amines) is 1. The van der Waals surface area contributed by atoms with E-state index in [-0.39, 0.29) is 5.41 Å². The van der Waals surface area contributed by atoms with Crippen molar-refractivity contribution in [1.29, 1.82) is 0 Å². The second kappa shape index (κ2) is 9.72. The average Bonchev–Trinajstić information content (AvgIpc) is 2.75. The first-order valence-corrected chi connectivity index (χ1v) is 13.3. The van der Waals surface area contributed by atoms with Crippen LogP contribution in [0.5, 0.6) is 0 Å². The average molecular weight is 443 g/mol. The number of benzene rings is 2. The van der Waals surface area contributed by atoms with Crippen LogP contribution in [0.2, 0.25) is 0 Å². The second-order valence-corrected chi connectivity index (χ2v) is 10.9. The molecule has 5 nitrogen and oxygen atoms in total. The maximum atomic E-state index is 11.6. The Morgan fingerprint density at radius 3 is 2.74 bits per heavy atom. The van der Waals surface area contributed by atoms with Crippen LogP contribution in [0.15, 0.2) is 54.6 Å². The van der Waals surface area contributed by atoms with Crippen LogP contribution in [0.1, 0.15) is 43.2 Å². The fraction of sp³-hybridized carbons (Fsp3) is 0.520. The maximum Gasteiger partial charge on any atom is 0.229 e. The van der Waals surface area contributed by atoms with E-state index in [0.29, 0.717) is 11.7 Å². The molecule has 1 N–H and O–H groups in total. The molecule has 31 heavy (non-hydrogen) atoms. The molecule has 0 aromatic heterocycles. The minimum atomic E-state index is -3.26. The fourth-order valence-corrected chi connectivity index (χ4v) is 5.91. The molecule has 2 aromatic carbocycles. The number of piperidine rings is 1. The van der Waals surface area contributed by atoms with Crippen molar-refractivity contribution in [2.45, 2.75) is 50.0 Å². The second-order valence-electron chi connectivity index (χ2n) is 9.12. The zero-order chi connectivity index (χ0) is 21.7. The van der Waals surface area contributed by atoms with Crippen LogP contribution >= 0.6 is 0 Å². The van der Waals surface area contributed by atoms with Crippen molar-refractivity contribution in [2.75, 3.05) is 37.3 Å². The van der Waals surface area contributed by atoms with E-state index < -0.39 is 10.0 Å². The molecule has 0 amide bonds. The molecule has 1 saturated carbocycles. The number of sulfonamides is 1. The van der Waals surface area contributed by atoms with Crippen LogP contribution in [-0.4, -0.2) is 51.9 Å². The summed E-state index contributed by atoms with van der Waals surface area (Å²) >= 11 is 0. The summed E-state index contributed by atoms with van der Waals surface area (Å²) in [6.45, 7) is 3.62. The molecule has 2 fully saturated rings. The van der Waals surface area contributed by atoms with E-state index in [1.54, 1.807) is 0 Å². The molecular weight excluding hydrogens is 408 g/mol. The van der Waals surface area contributed by atoms with Crippen molar-refractivity contribution in [3.63, 3.8) is 0 Å². The predicted molar refractivity (Wildman–Crippen MR) is 126 cm³/mol. The summed E-state index contributed by atoms with van der Waals surface area (Å²) in [5.74, 6) is 0. The zero-order valence-electron chi connectivity index (χ0n) is 18.4. The number of rotatable bonds is 9. The van der Waals surface area contributed by atoms with Crippen LogP contribution < -0.4 is 4.72 Å². The summed E-state index contributed by atoms with van der Waals surface area (Å²) in [6, 6.07) is 19.1. The van der Waals surface area contributed by atoms with E-state index in [4.69, 9.17) is 4.74 Å². The Bertz CT molecular complexity index is 964. The van der Waals surface area contributed by atoms with Gasteiger partial charge in [0, 0.05) is 18.3 Å². The third kappa shape index (κ3) is 5.88. The molecule has 2 atom stereocenters. The van der Waals surface area contributed by atoms with E-state index in [2.05, 4.69) is 40.0 Å². The molecule has 6 heteroatoms. The Morgan fingerprint density at radius 1 is 1.10 bits per heavy atom. The largest absolute Gasteiger partial charge is 0.380 e. The smallest absolute Gasteiger partial charge is 0.229 e. The molecule has 2 aromatic rings. The minimum Gasteiger partial charge on any atom is -0.380 e. The minimum absolute atomic E-state index is 0.169. The number of fused-ring (bicyclic) bond motifs is 2. The molecular formula is C25H34N2O3S. The van der Waals surface area contributed by atoms with Gasteiger partial charge in [0.1, 0.15) is 0 Å². The number of hydrogen-bond donors (Lipinski definition) is 1. The van der Waals surface area contributed by atoms with E-state index >= 15 is 0 Å². The molecule has 1 aliphatic heterocycles. The lowest BCUT2D eigenvalue weighted by Gasteiger charge is -2.51. The van der Waals surface area contributed by atoms with Crippen LogP contribution in [0.25, 0.3) is 0 Å². The predicted octanol–water partition coefficient (Wildman–Crippen LogP) is 4.20. The van der Waals surface area contributed by atoms with Gasteiger partial charge in [0.05, 0.1) is 19.5 Å². The lowest BCUT2D eigenvalue weighted by atomic mass is 9.63. The number of ether oxygens (including phenoxy) is 1. The summed E-state index contributed by atoms with van der Waals surface area (Å²) < 4.78 is 31.9. The van der Waals surface area contributed by atoms with Crippen molar-refractivity contribution >= 4 is 15.7 Å². The summed E-state index contributed by atoms with van der Waals surface area (Å²) in [7, 11) is -3.26. The molecule has 1 heterocycles. The number of hydrogen-bond acceptors (Lipinski definition) is 4. The number of nitrogens with zero attached hydrogens (tertiary/aromatic N) is 1. The summed E-state index contributed by atoms with van der Waals surface area (Å²) in [5.41, 5.74) is 3.45. The van der Waals surface area contributed by atoms with Crippen molar-refractivity contribution < 1.29 is 13.2 Å². The third-order valence-electron chi connectivity index (χ3n) is 6.89. The first kappa shape index (κ1) is 22.3. The van der Waals surface area contributed by atoms with Crippen molar-refractivity contribution in [2.24, 2.45) is 0 Å². The Kier molecular flexibility index (Phi) is 6.99. The van der Waals surface area contributed by atoms with Gasteiger partial charge in [-0.3, -0.25) is 9.62 Å². The highest BCUT2D eigenvalue weighted by atomic mass is 32.2. The van der Waals surface area contributed by atoms with E-state index in [0.717, 1.165) is 45.6 Å². The normalized spacial score (nSPS) is 24.1. The molecule has 1 saturated heterocycles. The van der Waals surface area contributed by atoms with Crippen LogP contribution in [0.3, 0.4) is 0 Å². The Balaban J connectivity index is 1.31. The van der Waals surface area contributed by atoms with Gasteiger partial charge in [-0.1, -0.05) is 48.9 Å². The number of anilines is 1. The highest BCUT2D eigenvalue weighted by Gasteiger charge is 2.43. The quantitative estimate of drug-likeness (QED) is 0.591. The maximum absolute atomic E-state index is 11.6. The first-order chi connectivity index (χ1) is 14.9. The fourth-order valence-electron chi connectivity index (χ4n) is 5.36. The van der Waals surface area contributed by atoms with Gasteiger partial charge in [-0.15, -0.1) is 0 Å². The zero-order valence-corrected chi connectivity index (χ0v) is 19.2. The van der Waals surface area contributed by atoms with Gasteiger partial charge in [-0.25, -0.2) is 8.42 Å². The van der Waals surface area contributed by atoms with Crippen LogP contribution in [0.4, 0.5) is 5.69 Å². The van der Waals surface area contributed by atoms with Gasteiger partial charge in [0.2, 0.25) is 10.0 Å². The Labute approximate surface area is 186 Å². The third-order valence-corrected chi connectivity index (χ3v) is 7.50. The number of nitrogens with one attached hydrogen (secondary N) is 1. The van der Waals surface area contributed by atoms with Gasteiger partial charge >= 0.3 is 0 Å². The molecule has 0 radical (unpaired) electrons. The molecule has 0 spiro atoms. The van der Waals surface area contributed by atoms with E-state index in [1.807, 2.05) is 24.3 Å². The molecule has 4 rings (SSSR count). The van der Waals surface area contributed by atoms with Crippen molar-refractivity contribution in [3.8, 4) is 0 Å². The topological polar surface area (TPSA) is 58.6 Å². The Morgan fingerprint density at radius 2 is 1.94 bits per heavy atom. The summed E-state index contributed by atoms with van der Waals surface area (Å²) in [6.07, 6.45) is 8.09. The monoisotopic (exact) mass is 442 g/mol. The SMILES string of the molecule is CS(=O)(=O)Nc1cccc(C23CCCC(C2)N(CCOCCc2ccccc2)CC3)c1. The van der Waals surface area contributed by atoms with Gasteiger partial charge in [0.25, 0.3) is 0 Å². The summed E-state index contributed by atoms with van der Waals surface area (Å²) in [4.78, 5) is 2.61. The summed E-state index contributed by atoms with van der Waals surface area (Å²) in [5, 5.41) is 0. The molecule has 2 bridgehead atoms. The molecule has 2 aliphatic rings. The van der Waals surface area contributed by atoms with E-state index in [9.17, 15) is 8.42 Å². The molecule has 2 unspecified atom stereocenters. The van der Waals surface area contributed by atoms with Crippen molar-refractivity contribution in [3.05, 3.63) is 65.7 Å². The lowest BCUT2D eigenvalue weighted by molar-refractivity contribution is 0.0245. The van der Waals surface area contributed by atoms with Gasteiger partial charge in [-0.2, -0.15) is 0 Å².